The Morgan fingerprint density at radius 3 is 2.71 bits per heavy atom. The first-order chi connectivity index (χ1) is 6.59. The summed E-state index contributed by atoms with van der Waals surface area (Å²) in [6, 6.07) is 0.534. The van der Waals surface area contributed by atoms with Crippen LogP contribution in [0.1, 0.15) is 33.1 Å². The van der Waals surface area contributed by atoms with Crippen LogP contribution in [0.4, 0.5) is 0 Å². The largest absolute Gasteiger partial charge is 0.376 e. The van der Waals surface area contributed by atoms with E-state index in [9.17, 15) is 0 Å². The zero-order valence-corrected chi connectivity index (χ0v) is 9.33. The second-order valence-corrected chi connectivity index (χ2v) is 5.14. The third kappa shape index (κ3) is 2.10. The van der Waals surface area contributed by atoms with E-state index in [2.05, 4.69) is 18.7 Å². The first kappa shape index (κ1) is 10.4. The SMILES string of the molecule is CC1CN(CC2(N)CCC2)C(C)CO1. The summed E-state index contributed by atoms with van der Waals surface area (Å²) in [5.41, 5.74) is 6.38. The number of morpholine rings is 1. The first-order valence-corrected chi connectivity index (χ1v) is 5.74. The van der Waals surface area contributed by atoms with Crippen molar-refractivity contribution in [2.24, 2.45) is 5.73 Å². The fourth-order valence-corrected chi connectivity index (χ4v) is 2.39. The molecule has 1 aliphatic heterocycles. The van der Waals surface area contributed by atoms with Crippen molar-refractivity contribution in [2.75, 3.05) is 19.7 Å². The molecule has 1 heterocycles. The molecule has 2 aliphatic rings. The molecule has 0 amide bonds. The van der Waals surface area contributed by atoms with Crippen LogP contribution in [0.2, 0.25) is 0 Å². The molecule has 1 saturated heterocycles. The molecule has 0 aromatic rings. The number of hydrogen-bond donors (Lipinski definition) is 1. The Balaban J connectivity index is 1.88. The van der Waals surface area contributed by atoms with Crippen LogP contribution in [-0.2, 0) is 4.74 Å². The minimum Gasteiger partial charge on any atom is -0.376 e. The highest BCUT2D eigenvalue weighted by atomic mass is 16.5. The van der Waals surface area contributed by atoms with Gasteiger partial charge in [-0.05, 0) is 33.1 Å². The molecular weight excluding hydrogens is 176 g/mol. The van der Waals surface area contributed by atoms with Gasteiger partial charge in [0.25, 0.3) is 0 Å². The Bertz CT molecular complexity index is 203. The van der Waals surface area contributed by atoms with Crippen LogP contribution in [0.15, 0.2) is 0 Å². The summed E-state index contributed by atoms with van der Waals surface area (Å²) < 4.78 is 5.60. The van der Waals surface area contributed by atoms with Gasteiger partial charge in [0.05, 0.1) is 12.7 Å². The predicted octanol–water partition coefficient (Wildman–Crippen LogP) is 0.977. The maximum atomic E-state index is 6.26. The van der Waals surface area contributed by atoms with Crippen LogP contribution in [0.25, 0.3) is 0 Å². The number of nitrogens with zero attached hydrogens (tertiary/aromatic N) is 1. The highest BCUT2D eigenvalue weighted by Gasteiger charge is 2.36. The van der Waals surface area contributed by atoms with Gasteiger partial charge in [-0.1, -0.05) is 0 Å². The maximum absolute atomic E-state index is 6.26. The molecule has 2 rings (SSSR count). The van der Waals surface area contributed by atoms with Gasteiger partial charge < -0.3 is 10.5 Å². The van der Waals surface area contributed by atoms with Gasteiger partial charge in [0.15, 0.2) is 0 Å². The molecule has 2 N–H and O–H groups in total. The van der Waals surface area contributed by atoms with E-state index in [1.165, 1.54) is 19.3 Å². The summed E-state index contributed by atoms with van der Waals surface area (Å²) in [5, 5.41) is 0. The van der Waals surface area contributed by atoms with E-state index in [-0.39, 0.29) is 5.54 Å². The molecule has 3 heteroatoms. The van der Waals surface area contributed by atoms with Crippen LogP contribution in [0.5, 0.6) is 0 Å². The summed E-state index contributed by atoms with van der Waals surface area (Å²) >= 11 is 0. The molecule has 2 unspecified atom stereocenters. The predicted molar refractivity (Wildman–Crippen MR) is 57.2 cm³/mol. The van der Waals surface area contributed by atoms with Crippen molar-refractivity contribution < 1.29 is 4.74 Å². The topological polar surface area (TPSA) is 38.5 Å². The minimum atomic E-state index is 0.116. The van der Waals surface area contributed by atoms with Gasteiger partial charge in [0.1, 0.15) is 0 Å². The Labute approximate surface area is 86.6 Å². The second-order valence-electron chi connectivity index (χ2n) is 5.14. The summed E-state index contributed by atoms with van der Waals surface area (Å²) in [6.45, 7) is 7.33. The fourth-order valence-electron chi connectivity index (χ4n) is 2.39. The lowest BCUT2D eigenvalue weighted by atomic mass is 9.77. The van der Waals surface area contributed by atoms with Gasteiger partial charge in [0, 0.05) is 24.7 Å². The van der Waals surface area contributed by atoms with Crippen molar-refractivity contribution in [3.63, 3.8) is 0 Å². The van der Waals surface area contributed by atoms with E-state index in [1.54, 1.807) is 0 Å². The number of nitrogens with two attached hydrogens (primary N) is 1. The zero-order valence-electron chi connectivity index (χ0n) is 9.33. The molecule has 2 atom stereocenters. The van der Waals surface area contributed by atoms with Crippen molar-refractivity contribution in [3.8, 4) is 0 Å². The molecule has 0 radical (unpaired) electrons. The lowest BCUT2D eigenvalue weighted by Gasteiger charge is -2.46. The van der Waals surface area contributed by atoms with Crippen molar-refractivity contribution in [2.45, 2.75) is 50.8 Å². The van der Waals surface area contributed by atoms with Gasteiger partial charge in [-0.3, -0.25) is 4.90 Å². The van der Waals surface area contributed by atoms with Crippen LogP contribution < -0.4 is 5.73 Å². The van der Waals surface area contributed by atoms with E-state index < -0.39 is 0 Å². The fraction of sp³-hybridized carbons (Fsp3) is 1.00. The average Bonchev–Trinajstić information content (AvgIpc) is 2.09. The van der Waals surface area contributed by atoms with Gasteiger partial charge in [-0.25, -0.2) is 0 Å². The van der Waals surface area contributed by atoms with Crippen LogP contribution in [0.3, 0.4) is 0 Å². The van der Waals surface area contributed by atoms with E-state index in [0.29, 0.717) is 12.1 Å². The maximum Gasteiger partial charge on any atom is 0.0674 e. The molecule has 1 saturated carbocycles. The van der Waals surface area contributed by atoms with Crippen molar-refractivity contribution >= 4 is 0 Å². The average molecular weight is 198 g/mol. The molecule has 0 spiro atoms. The molecule has 1 aliphatic carbocycles. The quantitative estimate of drug-likeness (QED) is 0.719. The molecule has 3 nitrogen and oxygen atoms in total. The molecular formula is C11H22N2O. The van der Waals surface area contributed by atoms with Crippen LogP contribution in [-0.4, -0.2) is 42.3 Å². The Hall–Kier alpha value is -0.120. The third-order valence-corrected chi connectivity index (χ3v) is 3.60. The lowest BCUT2D eigenvalue weighted by Crippen LogP contribution is -2.59. The standard InChI is InChI=1S/C11H22N2O/c1-9-7-14-10(2)6-13(9)8-11(12)4-3-5-11/h9-10H,3-8,12H2,1-2H3. The summed E-state index contributed by atoms with van der Waals surface area (Å²) in [7, 11) is 0. The van der Waals surface area contributed by atoms with Gasteiger partial charge in [-0.2, -0.15) is 0 Å². The minimum absolute atomic E-state index is 0.116. The third-order valence-electron chi connectivity index (χ3n) is 3.60. The van der Waals surface area contributed by atoms with E-state index in [0.717, 1.165) is 19.7 Å². The molecule has 0 bridgehead atoms. The van der Waals surface area contributed by atoms with E-state index in [4.69, 9.17) is 10.5 Å². The number of rotatable bonds is 2. The van der Waals surface area contributed by atoms with Gasteiger partial charge in [-0.15, -0.1) is 0 Å². The highest BCUT2D eigenvalue weighted by molar-refractivity contribution is 4.96. The Morgan fingerprint density at radius 1 is 1.43 bits per heavy atom. The van der Waals surface area contributed by atoms with Gasteiger partial charge in [0.2, 0.25) is 0 Å². The number of ether oxygens (including phenoxy) is 1. The van der Waals surface area contributed by atoms with E-state index >= 15 is 0 Å². The van der Waals surface area contributed by atoms with E-state index in [1.807, 2.05) is 0 Å². The Kier molecular flexibility index (Phi) is 2.82. The molecule has 82 valence electrons. The smallest absolute Gasteiger partial charge is 0.0674 e. The molecule has 2 fully saturated rings. The molecule has 0 aromatic carbocycles. The monoisotopic (exact) mass is 198 g/mol. The summed E-state index contributed by atoms with van der Waals surface area (Å²) in [6.07, 6.45) is 4.08. The second kappa shape index (κ2) is 3.80. The van der Waals surface area contributed by atoms with Crippen molar-refractivity contribution in [1.29, 1.82) is 0 Å². The highest BCUT2D eigenvalue weighted by Crippen LogP contribution is 2.31. The molecule has 0 aromatic heterocycles. The normalized spacial score (nSPS) is 37.9. The van der Waals surface area contributed by atoms with Crippen LogP contribution in [0, 0.1) is 0 Å². The molecule has 14 heavy (non-hydrogen) atoms. The van der Waals surface area contributed by atoms with Crippen molar-refractivity contribution in [1.82, 2.24) is 4.90 Å². The number of hydrogen-bond acceptors (Lipinski definition) is 3. The zero-order chi connectivity index (χ0) is 10.2. The lowest BCUT2D eigenvalue weighted by molar-refractivity contribution is -0.0607. The summed E-state index contributed by atoms with van der Waals surface area (Å²) in [4.78, 5) is 2.49. The summed E-state index contributed by atoms with van der Waals surface area (Å²) in [5.74, 6) is 0. The van der Waals surface area contributed by atoms with Crippen LogP contribution >= 0.6 is 0 Å². The van der Waals surface area contributed by atoms with Gasteiger partial charge >= 0.3 is 0 Å². The first-order valence-electron chi connectivity index (χ1n) is 5.74. The van der Waals surface area contributed by atoms with Crippen molar-refractivity contribution in [3.05, 3.63) is 0 Å². The Morgan fingerprint density at radius 2 is 2.14 bits per heavy atom.